The first-order chi connectivity index (χ1) is 12.3. The second kappa shape index (κ2) is 9.57. The highest BCUT2D eigenvalue weighted by Crippen LogP contribution is 2.22. The maximum absolute atomic E-state index is 12.3. The molecule has 0 radical (unpaired) electrons. The lowest BCUT2D eigenvalue weighted by Crippen LogP contribution is -2.35. The molecule has 0 aromatic carbocycles. The lowest BCUT2D eigenvalue weighted by molar-refractivity contribution is -0.119. The number of thioether (sulfide) groups is 1. The van der Waals surface area contributed by atoms with E-state index >= 15 is 0 Å². The minimum Gasteiger partial charge on any atom is -0.376 e. The zero-order chi connectivity index (χ0) is 17.5. The Kier molecular flexibility index (Phi) is 7.16. The maximum Gasteiger partial charge on any atom is 0.230 e. The highest BCUT2D eigenvalue weighted by Gasteiger charge is 2.21. The number of carbonyl (C=O) groups excluding carboxylic acids is 1. The van der Waals surface area contributed by atoms with Crippen molar-refractivity contribution >= 4 is 17.7 Å². The van der Waals surface area contributed by atoms with Gasteiger partial charge in [-0.25, -0.2) is 0 Å². The summed E-state index contributed by atoms with van der Waals surface area (Å²) in [5.74, 6) is 1.49. The van der Waals surface area contributed by atoms with Crippen LogP contribution in [0.3, 0.4) is 0 Å². The highest BCUT2D eigenvalue weighted by atomic mass is 32.2. The molecule has 1 atom stereocenters. The monoisotopic (exact) mass is 366 g/mol. The van der Waals surface area contributed by atoms with Crippen molar-refractivity contribution in [2.45, 2.75) is 88.6 Å². The summed E-state index contributed by atoms with van der Waals surface area (Å²) < 4.78 is 7.89. The molecule has 140 valence electrons. The maximum atomic E-state index is 12.3. The number of nitrogens with zero attached hydrogens (tertiary/aromatic N) is 3. The van der Waals surface area contributed by atoms with Crippen LogP contribution in [0.2, 0.25) is 0 Å². The van der Waals surface area contributed by atoms with E-state index < -0.39 is 0 Å². The third-order valence-electron chi connectivity index (χ3n) is 5.07. The van der Waals surface area contributed by atoms with Gasteiger partial charge in [0.1, 0.15) is 5.82 Å². The van der Waals surface area contributed by atoms with Gasteiger partial charge in [-0.1, -0.05) is 44.4 Å². The molecule has 1 aliphatic heterocycles. The van der Waals surface area contributed by atoms with E-state index in [-0.39, 0.29) is 12.0 Å². The van der Waals surface area contributed by atoms with Gasteiger partial charge in [0.2, 0.25) is 5.91 Å². The molecule has 0 bridgehead atoms. The summed E-state index contributed by atoms with van der Waals surface area (Å²) in [5, 5.41) is 12.6. The molecule has 1 amide bonds. The Balaban J connectivity index is 1.53. The van der Waals surface area contributed by atoms with Gasteiger partial charge in [-0.15, -0.1) is 10.2 Å². The number of ether oxygens (including phenoxy) is 1. The Morgan fingerprint density at radius 2 is 2.00 bits per heavy atom. The van der Waals surface area contributed by atoms with E-state index in [1.54, 1.807) is 0 Å². The van der Waals surface area contributed by atoms with Crippen LogP contribution >= 0.6 is 11.8 Å². The van der Waals surface area contributed by atoms with Crippen molar-refractivity contribution in [2.24, 2.45) is 0 Å². The molecule has 1 unspecified atom stereocenters. The molecule has 1 saturated carbocycles. The van der Waals surface area contributed by atoms with Crippen molar-refractivity contribution in [1.29, 1.82) is 0 Å². The van der Waals surface area contributed by atoms with Crippen LogP contribution in [0.4, 0.5) is 0 Å². The van der Waals surface area contributed by atoms with Gasteiger partial charge in [0.25, 0.3) is 0 Å². The van der Waals surface area contributed by atoms with Crippen LogP contribution in [0.15, 0.2) is 5.16 Å². The average molecular weight is 367 g/mol. The van der Waals surface area contributed by atoms with Crippen molar-refractivity contribution in [3.05, 3.63) is 5.82 Å². The van der Waals surface area contributed by atoms with Crippen LogP contribution in [0.1, 0.15) is 64.1 Å². The second-order valence-electron chi connectivity index (χ2n) is 7.04. The van der Waals surface area contributed by atoms with E-state index in [9.17, 15) is 4.79 Å². The molecule has 7 heteroatoms. The van der Waals surface area contributed by atoms with Crippen molar-refractivity contribution in [2.75, 3.05) is 12.4 Å². The molecule has 3 rings (SSSR count). The van der Waals surface area contributed by atoms with Gasteiger partial charge < -0.3 is 14.6 Å². The zero-order valence-electron chi connectivity index (χ0n) is 15.2. The lowest BCUT2D eigenvalue weighted by Gasteiger charge is -2.16. The molecule has 25 heavy (non-hydrogen) atoms. The summed E-state index contributed by atoms with van der Waals surface area (Å²) >= 11 is 1.49. The molecular formula is C18H30N4O2S. The molecule has 2 heterocycles. The number of hydrogen-bond acceptors (Lipinski definition) is 5. The Morgan fingerprint density at radius 3 is 2.68 bits per heavy atom. The number of amides is 1. The minimum absolute atomic E-state index is 0.113. The first-order valence-electron chi connectivity index (χ1n) is 9.72. The fourth-order valence-corrected chi connectivity index (χ4v) is 4.46. The molecular weight excluding hydrogens is 336 g/mol. The Bertz CT molecular complexity index is 549. The average Bonchev–Trinajstić information content (AvgIpc) is 3.18. The number of carbonyl (C=O) groups is 1. The predicted molar refractivity (Wildman–Crippen MR) is 98.7 cm³/mol. The van der Waals surface area contributed by atoms with Crippen molar-refractivity contribution in [1.82, 2.24) is 20.1 Å². The predicted octanol–water partition coefficient (Wildman–Crippen LogP) is 2.95. The van der Waals surface area contributed by atoms with E-state index in [1.807, 2.05) is 0 Å². The summed E-state index contributed by atoms with van der Waals surface area (Å²) in [6, 6.07) is 0.353. The van der Waals surface area contributed by atoms with Gasteiger partial charge >= 0.3 is 0 Å². The molecule has 1 aromatic rings. The summed E-state index contributed by atoms with van der Waals surface area (Å²) in [5.41, 5.74) is 0. The molecule has 0 spiro atoms. The van der Waals surface area contributed by atoms with Crippen LogP contribution in [0.5, 0.6) is 0 Å². The molecule has 1 saturated heterocycles. The summed E-state index contributed by atoms with van der Waals surface area (Å²) in [6.45, 7) is 3.73. The highest BCUT2D eigenvalue weighted by molar-refractivity contribution is 7.99. The fraction of sp³-hybridized carbons (Fsp3) is 0.833. The quantitative estimate of drug-likeness (QED) is 0.593. The van der Waals surface area contributed by atoms with Gasteiger partial charge in [-0.3, -0.25) is 4.79 Å². The summed E-state index contributed by atoms with van der Waals surface area (Å²) in [6.07, 6.45) is 10.6. The number of nitrogens with one attached hydrogen (secondary N) is 1. The molecule has 1 aliphatic carbocycles. The van der Waals surface area contributed by atoms with E-state index in [0.717, 1.165) is 56.2 Å². The van der Waals surface area contributed by atoms with E-state index in [1.165, 1.54) is 37.4 Å². The molecule has 1 aromatic heterocycles. The second-order valence-corrected chi connectivity index (χ2v) is 7.99. The van der Waals surface area contributed by atoms with E-state index in [0.29, 0.717) is 11.8 Å². The normalized spacial score (nSPS) is 22.0. The molecule has 6 nitrogen and oxygen atoms in total. The zero-order valence-corrected chi connectivity index (χ0v) is 16.0. The van der Waals surface area contributed by atoms with E-state index in [2.05, 4.69) is 27.0 Å². The minimum atomic E-state index is 0.113. The van der Waals surface area contributed by atoms with E-state index in [4.69, 9.17) is 4.74 Å². The Hall–Kier alpha value is -1.08. The topological polar surface area (TPSA) is 69.0 Å². The SMILES string of the molecule is CCc1nnc(SCC(=O)NC2CCCCCC2)n1CC1CCCO1. The third-order valence-corrected chi connectivity index (χ3v) is 6.04. The van der Waals surface area contributed by atoms with Crippen LogP contribution in [0, 0.1) is 0 Å². The fourth-order valence-electron chi connectivity index (χ4n) is 3.69. The molecule has 2 fully saturated rings. The van der Waals surface area contributed by atoms with Crippen LogP contribution in [-0.4, -0.2) is 45.2 Å². The summed E-state index contributed by atoms with van der Waals surface area (Å²) in [4.78, 5) is 12.3. The summed E-state index contributed by atoms with van der Waals surface area (Å²) in [7, 11) is 0. The first-order valence-corrected chi connectivity index (χ1v) is 10.7. The molecule has 1 N–H and O–H groups in total. The smallest absolute Gasteiger partial charge is 0.230 e. The number of rotatable bonds is 7. The van der Waals surface area contributed by atoms with Crippen LogP contribution in [0.25, 0.3) is 0 Å². The van der Waals surface area contributed by atoms with Crippen LogP contribution < -0.4 is 5.32 Å². The number of aromatic nitrogens is 3. The standard InChI is InChI=1S/C18H30N4O2S/c1-2-16-20-21-18(22(16)12-15-10-7-11-24-15)25-13-17(23)19-14-8-5-3-4-6-9-14/h14-15H,2-13H2,1H3,(H,19,23). The first kappa shape index (κ1) is 18.7. The van der Waals surface area contributed by atoms with Gasteiger partial charge in [0.15, 0.2) is 5.16 Å². The van der Waals surface area contributed by atoms with Gasteiger partial charge in [0, 0.05) is 19.1 Å². The molecule has 2 aliphatic rings. The van der Waals surface area contributed by atoms with Crippen LogP contribution in [-0.2, 0) is 22.5 Å². The van der Waals surface area contributed by atoms with Crippen molar-refractivity contribution < 1.29 is 9.53 Å². The Morgan fingerprint density at radius 1 is 1.20 bits per heavy atom. The van der Waals surface area contributed by atoms with Crippen molar-refractivity contribution in [3.8, 4) is 0 Å². The largest absolute Gasteiger partial charge is 0.376 e. The van der Waals surface area contributed by atoms with Crippen molar-refractivity contribution in [3.63, 3.8) is 0 Å². The van der Waals surface area contributed by atoms with Gasteiger partial charge in [0.05, 0.1) is 18.4 Å². The number of hydrogen-bond donors (Lipinski definition) is 1. The Labute approximate surface area is 154 Å². The third kappa shape index (κ3) is 5.45. The van der Waals surface area contributed by atoms with Gasteiger partial charge in [-0.05, 0) is 25.7 Å². The van der Waals surface area contributed by atoms with Gasteiger partial charge in [-0.2, -0.15) is 0 Å². The number of aryl methyl sites for hydroxylation is 1. The lowest BCUT2D eigenvalue weighted by atomic mass is 10.1.